The second-order valence-corrected chi connectivity index (χ2v) is 7.82. The van der Waals surface area contributed by atoms with Gasteiger partial charge in [-0.2, -0.15) is 5.10 Å². The molecule has 1 atom stereocenters. The van der Waals surface area contributed by atoms with Crippen molar-refractivity contribution >= 4 is 0 Å². The zero-order valence-electron chi connectivity index (χ0n) is 17.8. The van der Waals surface area contributed by atoms with Crippen molar-refractivity contribution in [1.82, 2.24) is 14.7 Å². The highest BCUT2D eigenvalue weighted by molar-refractivity contribution is 5.64. The number of likely N-dealkylation sites (tertiary alicyclic amines) is 1. The molecule has 0 aliphatic carbocycles. The van der Waals surface area contributed by atoms with Crippen molar-refractivity contribution in [1.29, 1.82) is 0 Å². The molecule has 1 fully saturated rings. The Balaban J connectivity index is 1.73. The van der Waals surface area contributed by atoms with Gasteiger partial charge in [0.25, 0.3) is 0 Å². The highest BCUT2D eigenvalue weighted by Gasteiger charge is 2.22. The maximum atomic E-state index is 14.4. The Morgan fingerprint density at radius 2 is 2.00 bits per heavy atom. The van der Waals surface area contributed by atoms with Crippen molar-refractivity contribution in [2.45, 2.75) is 32.4 Å². The Morgan fingerprint density at radius 1 is 1.17 bits per heavy atom. The van der Waals surface area contributed by atoms with E-state index in [9.17, 15) is 4.39 Å². The molecular weight excluding hydrogens is 381 g/mol. The fourth-order valence-electron chi connectivity index (χ4n) is 4.12. The summed E-state index contributed by atoms with van der Waals surface area (Å²) in [5.74, 6) is -0.151. The molecule has 3 aromatic rings. The van der Waals surface area contributed by atoms with Crippen LogP contribution in [0.5, 0.6) is 5.75 Å². The van der Waals surface area contributed by atoms with E-state index < -0.39 is 0 Å². The largest absolute Gasteiger partial charge is 0.494 e. The van der Waals surface area contributed by atoms with Gasteiger partial charge in [-0.1, -0.05) is 18.2 Å². The third-order valence-corrected chi connectivity index (χ3v) is 5.77. The summed E-state index contributed by atoms with van der Waals surface area (Å²) in [5.41, 5.74) is 4.76. The van der Waals surface area contributed by atoms with Gasteiger partial charge in [0, 0.05) is 37.5 Å². The number of para-hydroxylation sites is 1. The summed E-state index contributed by atoms with van der Waals surface area (Å²) in [5, 5.41) is 4.86. The van der Waals surface area contributed by atoms with E-state index in [4.69, 9.17) is 14.6 Å². The number of aromatic nitrogens is 2. The lowest BCUT2D eigenvalue weighted by atomic mass is 10.0. The average molecular weight is 410 g/mol. The number of piperidine rings is 1. The molecule has 2 aromatic carbocycles. The van der Waals surface area contributed by atoms with Crippen LogP contribution in [0, 0.1) is 12.7 Å². The molecule has 1 aliphatic heterocycles. The van der Waals surface area contributed by atoms with Gasteiger partial charge in [-0.05, 0) is 56.1 Å². The van der Waals surface area contributed by atoms with Crippen molar-refractivity contribution < 1.29 is 13.9 Å². The maximum Gasteiger partial charge on any atom is 0.165 e. The van der Waals surface area contributed by atoms with Crippen molar-refractivity contribution in [3.63, 3.8) is 0 Å². The second kappa shape index (κ2) is 8.98. The van der Waals surface area contributed by atoms with Crippen LogP contribution in [0.15, 0.2) is 48.7 Å². The second-order valence-electron chi connectivity index (χ2n) is 7.82. The molecule has 2 heterocycles. The Labute approximate surface area is 177 Å². The number of benzene rings is 2. The lowest BCUT2D eigenvalue weighted by Gasteiger charge is -2.31. The minimum Gasteiger partial charge on any atom is -0.494 e. The summed E-state index contributed by atoms with van der Waals surface area (Å²) < 4.78 is 27.0. The molecule has 6 heteroatoms. The quantitative estimate of drug-likeness (QED) is 0.596. The minimum atomic E-state index is -0.385. The van der Waals surface area contributed by atoms with E-state index in [0.717, 1.165) is 60.5 Å². The molecule has 4 rings (SSSR count). The van der Waals surface area contributed by atoms with E-state index in [0.29, 0.717) is 0 Å². The van der Waals surface area contributed by atoms with Gasteiger partial charge in [-0.3, -0.25) is 4.90 Å². The van der Waals surface area contributed by atoms with Crippen LogP contribution in [0.1, 0.15) is 24.0 Å². The van der Waals surface area contributed by atoms with Crippen LogP contribution in [0.4, 0.5) is 4.39 Å². The highest BCUT2D eigenvalue weighted by Crippen LogP contribution is 2.30. The number of aryl methyl sites for hydroxylation is 1. The molecule has 0 saturated carbocycles. The Hall–Kier alpha value is -2.70. The van der Waals surface area contributed by atoms with E-state index in [-0.39, 0.29) is 17.7 Å². The van der Waals surface area contributed by atoms with Crippen molar-refractivity contribution in [3.05, 3.63) is 65.6 Å². The average Bonchev–Trinajstić information content (AvgIpc) is 3.17. The first-order chi connectivity index (χ1) is 14.6. The zero-order chi connectivity index (χ0) is 21.1. The lowest BCUT2D eigenvalue weighted by molar-refractivity contribution is 0.0286. The fraction of sp³-hybridized carbons (Fsp3) is 0.375. The SMILES string of the molecule is COc1ccc(-c2nn(-c3ccccc3C)cc2CN2CCC[C@H](OC)C2)cc1F. The first-order valence-electron chi connectivity index (χ1n) is 10.3. The first-order valence-corrected chi connectivity index (χ1v) is 10.3. The summed E-state index contributed by atoms with van der Waals surface area (Å²) in [6, 6.07) is 13.2. The Kier molecular flexibility index (Phi) is 6.16. The van der Waals surface area contributed by atoms with E-state index >= 15 is 0 Å². The summed E-state index contributed by atoms with van der Waals surface area (Å²) in [7, 11) is 3.24. The van der Waals surface area contributed by atoms with Crippen molar-refractivity contribution in [2.75, 3.05) is 27.3 Å². The van der Waals surface area contributed by atoms with Gasteiger partial charge in [0.05, 0.1) is 24.6 Å². The van der Waals surface area contributed by atoms with Crippen molar-refractivity contribution in [2.24, 2.45) is 0 Å². The molecule has 0 radical (unpaired) electrons. The summed E-state index contributed by atoms with van der Waals surface area (Å²) in [6.07, 6.45) is 4.52. The van der Waals surface area contributed by atoms with Gasteiger partial charge in [0.2, 0.25) is 0 Å². The van der Waals surface area contributed by atoms with Crippen LogP contribution >= 0.6 is 0 Å². The van der Waals surface area contributed by atoms with Crippen LogP contribution in [0.25, 0.3) is 16.9 Å². The molecule has 0 amide bonds. The molecule has 1 aliphatic rings. The van der Waals surface area contributed by atoms with Gasteiger partial charge < -0.3 is 9.47 Å². The molecule has 0 unspecified atom stereocenters. The standard InChI is InChI=1S/C24H28FN3O2/c1-17-7-4-5-9-22(17)28-15-19(14-27-12-6-8-20(16-27)29-2)24(26-28)18-10-11-23(30-3)21(25)13-18/h4-5,7,9-11,13,15,20H,6,8,12,14,16H2,1-3H3/t20-/m0/s1. The molecule has 5 nitrogen and oxygen atoms in total. The first kappa shape index (κ1) is 20.6. The lowest BCUT2D eigenvalue weighted by Crippen LogP contribution is -2.38. The van der Waals surface area contributed by atoms with Crippen LogP contribution in [0.2, 0.25) is 0 Å². The van der Waals surface area contributed by atoms with E-state index in [1.165, 1.54) is 13.2 Å². The van der Waals surface area contributed by atoms with Gasteiger partial charge >= 0.3 is 0 Å². The Bertz CT molecular complexity index is 1020. The molecule has 0 bridgehead atoms. The molecular formula is C24H28FN3O2. The van der Waals surface area contributed by atoms with E-state index in [1.54, 1.807) is 13.2 Å². The van der Waals surface area contributed by atoms with Gasteiger partial charge in [0.15, 0.2) is 11.6 Å². The molecule has 0 spiro atoms. The summed E-state index contributed by atoms with van der Waals surface area (Å²) in [6.45, 7) is 4.72. The molecule has 30 heavy (non-hydrogen) atoms. The molecule has 158 valence electrons. The van der Waals surface area contributed by atoms with E-state index in [1.807, 2.05) is 28.9 Å². The zero-order valence-corrected chi connectivity index (χ0v) is 17.8. The third-order valence-electron chi connectivity index (χ3n) is 5.77. The smallest absolute Gasteiger partial charge is 0.165 e. The Morgan fingerprint density at radius 3 is 2.73 bits per heavy atom. The summed E-state index contributed by atoms with van der Waals surface area (Å²) in [4.78, 5) is 2.39. The number of ether oxygens (including phenoxy) is 2. The van der Waals surface area contributed by atoms with Crippen molar-refractivity contribution in [3.8, 4) is 22.7 Å². The number of nitrogens with zero attached hydrogens (tertiary/aromatic N) is 3. The van der Waals surface area contributed by atoms with Gasteiger partial charge in [-0.15, -0.1) is 0 Å². The van der Waals surface area contributed by atoms with Crippen LogP contribution in [0.3, 0.4) is 0 Å². The fourth-order valence-corrected chi connectivity index (χ4v) is 4.12. The van der Waals surface area contributed by atoms with Gasteiger partial charge in [-0.25, -0.2) is 9.07 Å². The summed E-state index contributed by atoms with van der Waals surface area (Å²) >= 11 is 0. The molecule has 0 N–H and O–H groups in total. The van der Waals surface area contributed by atoms with Crippen LogP contribution in [-0.2, 0) is 11.3 Å². The predicted octanol–water partition coefficient (Wildman–Crippen LogP) is 4.61. The number of methoxy groups -OCH3 is 2. The van der Waals surface area contributed by atoms with Gasteiger partial charge in [0.1, 0.15) is 0 Å². The minimum absolute atomic E-state index is 0.234. The number of hydrogen-bond acceptors (Lipinski definition) is 4. The highest BCUT2D eigenvalue weighted by atomic mass is 19.1. The topological polar surface area (TPSA) is 39.5 Å². The van der Waals surface area contributed by atoms with E-state index in [2.05, 4.69) is 24.1 Å². The monoisotopic (exact) mass is 409 g/mol. The molecule has 1 saturated heterocycles. The van der Waals surface area contributed by atoms with Crippen LogP contribution in [-0.4, -0.2) is 48.1 Å². The third kappa shape index (κ3) is 4.25. The van der Waals surface area contributed by atoms with Crippen LogP contribution < -0.4 is 4.74 Å². The predicted molar refractivity (Wildman–Crippen MR) is 116 cm³/mol. The number of rotatable bonds is 6. The number of hydrogen-bond donors (Lipinski definition) is 0. The molecule has 1 aromatic heterocycles. The number of halogens is 1. The normalized spacial score (nSPS) is 17.3. The maximum absolute atomic E-state index is 14.4.